The number of aromatic nitrogens is 1. The number of carbonyl (C=O) groups is 1. The average molecular weight is 346 g/mol. The molecule has 0 saturated carbocycles. The predicted molar refractivity (Wildman–Crippen MR) is 92.0 cm³/mol. The number of benzene rings is 1. The lowest BCUT2D eigenvalue weighted by molar-refractivity contribution is 0.0671. The Hall–Kier alpha value is -1.85. The third-order valence-electron chi connectivity index (χ3n) is 5.15. The molecule has 6 heteroatoms. The number of hydrogen-bond acceptors (Lipinski definition) is 4. The van der Waals surface area contributed by atoms with Gasteiger partial charge in [-0.25, -0.2) is 0 Å². The van der Waals surface area contributed by atoms with E-state index in [2.05, 4.69) is 10.5 Å². The van der Waals surface area contributed by atoms with Crippen molar-refractivity contribution in [3.63, 3.8) is 0 Å². The number of amides is 1. The molecule has 0 spiro atoms. The summed E-state index contributed by atoms with van der Waals surface area (Å²) in [5.41, 5.74) is 1.16. The predicted octanol–water partition coefficient (Wildman–Crippen LogP) is 3.35. The van der Waals surface area contributed by atoms with Crippen LogP contribution in [0, 0.1) is 0 Å². The molecule has 0 aliphatic carbocycles. The van der Waals surface area contributed by atoms with E-state index in [4.69, 9.17) is 16.1 Å². The molecule has 5 nitrogen and oxygen atoms in total. The van der Waals surface area contributed by atoms with Crippen LogP contribution in [0.5, 0.6) is 0 Å². The fraction of sp³-hybridized carbons (Fsp3) is 0.444. The zero-order valence-corrected chi connectivity index (χ0v) is 14.3. The lowest BCUT2D eigenvalue weighted by atomic mass is 9.98. The Morgan fingerprint density at radius 3 is 2.75 bits per heavy atom. The van der Waals surface area contributed by atoms with Crippen molar-refractivity contribution in [1.29, 1.82) is 0 Å². The number of nitrogens with zero attached hydrogens (tertiary/aromatic N) is 2. The minimum absolute atomic E-state index is 0.0849. The van der Waals surface area contributed by atoms with Gasteiger partial charge in [-0.3, -0.25) is 4.79 Å². The maximum atomic E-state index is 12.7. The van der Waals surface area contributed by atoms with Gasteiger partial charge in [-0.15, -0.1) is 0 Å². The topological polar surface area (TPSA) is 58.4 Å². The molecule has 3 heterocycles. The van der Waals surface area contributed by atoms with Gasteiger partial charge in [-0.1, -0.05) is 28.9 Å². The van der Waals surface area contributed by atoms with Gasteiger partial charge in [-0.05, 0) is 37.8 Å². The van der Waals surface area contributed by atoms with E-state index in [1.807, 2.05) is 24.1 Å². The van der Waals surface area contributed by atoms with Crippen LogP contribution in [0.1, 0.15) is 36.2 Å². The van der Waals surface area contributed by atoms with Crippen LogP contribution in [-0.4, -0.2) is 41.1 Å². The van der Waals surface area contributed by atoms with Crippen LogP contribution in [0.25, 0.3) is 11.3 Å². The smallest absolute Gasteiger partial charge is 0.276 e. The quantitative estimate of drug-likeness (QED) is 0.926. The standard InChI is InChI=1S/C18H20ClN3O2/c1-22(15-8-13-5-6-14(9-15)20-13)18(23)16-10-17(24-21-16)11-3-2-4-12(19)7-11/h2-4,7,10,13-15,20H,5-6,8-9H2,1H3. The molecule has 2 bridgehead atoms. The molecule has 2 saturated heterocycles. The molecule has 1 aromatic heterocycles. The molecule has 1 amide bonds. The summed E-state index contributed by atoms with van der Waals surface area (Å²) in [6.45, 7) is 0. The van der Waals surface area contributed by atoms with Gasteiger partial charge in [0.25, 0.3) is 5.91 Å². The fourth-order valence-corrected chi connectivity index (χ4v) is 4.03. The number of halogens is 1. The molecule has 2 aliphatic rings. The van der Waals surface area contributed by atoms with Crippen molar-refractivity contribution in [2.45, 2.75) is 43.8 Å². The summed E-state index contributed by atoms with van der Waals surface area (Å²) in [7, 11) is 1.87. The van der Waals surface area contributed by atoms with Crippen molar-refractivity contribution in [3.8, 4) is 11.3 Å². The Balaban J connectivity index is 1.50. The molecule has 2 unspecified atom stereocenters. The third kappa shape index (κ3) is 2.94. The number of nitrogens with one attached hydrogen (secondary N) is 1. The largest absolute Gasteiger partial charge is 0.355 e. The number of piperidine rings is 1. The summed E-state index contributed by atoms with van der Waals surface area (Å²) in [6, 6.07) is 10.4. The minimum Gasteiger partial charge on any atom is -0.355 e. The van der Waals surface area contributed by atoms with Crippen molar-refractivity contribution >= 4 is 17.5 Å². The Morgan fingerprint density at radius 1 is 1.29 bits per heavy atom. The van der Waals surface area contributed by atoms with Gasteiger partial charge < -0.3 is 14.7 Å². The Kier molecular flexibility index (Phi) is 4.06. The lowest BCUT2D eigenvalue weighted by Gasteiger charge is -2.35. The zero-order valence-electron chi connectivity index (χ0n) is 13.5. The summed E-state index contributed by atoms with van der Waals surface area (Å²) >= 11 is 6.01. The first-order chi connectivity index (χ1) is 11.6. The van der Waals surface area contributed by atoms with E-state index in [0.717, 1.165) is 18.4 Å². The van der Waals surface area contributed by atoms with Gasteiger partial charge in [0.1, 0.15) is 0 Å². The van der Waals surface area contributed by atoms with Gasteiger partial charge in [0, 0.05) is 41.8 Å². The highest BCUT2D eigenvalue weighted by Crippen LogP contribution is 2.30. The number of hydrogen-bond donors (Lipinski definition) is 1. The molecule has 24 heavy (non-hydrogen) atoms. The molecule has 4 rings (SSSR count). The van der Waals surface area contributed by atoms with Crippen LogP contribution in [0.15, 0.2) is 34.9 Å². The van der Waals surface area contributed by atoms with Gasteiger partial charge in [0.05, 0.1) is 0 Å². The number of rotatable bonds is 3. The van der Waals surface area contributed by atoms with Crippen LogP contribution in [0.4, 0.5) is 0 Å². The van der Waals surface area contributed by atoms with E-state index in [-0.39, 0.29) is 11.9 Å². The van der Waals surface area contributed by atoms with E-state index in [9.17, 15) is 4.79 Å². The highest BCUT2D eigenvalue weighted by Gasteiger charge is 2.37. The molecule has 1 aromatic carbocycles. The maximum absolute atomic E-state index is 12.7. The van der Waals surface area contributed by atoms with E-state index in [1.165, 1.54) is 12.8 Å². The van der Waals surface area contributed by atoms with Crippen LogP contribution in [0.3, 0.4) is 0 Å². The van der Waals surface area contributed by atoms with Crippen LogP contribution < -0.4 is 5.32 Å². The van der Waals surface area contributed by atoms with Gasteiger partial charge >= 0.3 is 0 Å². The van der Waals surface area contributed by atoms with Gasteiger partial charge in [-0.2, -0.15) is 0 Å². The van der Waals surface area contributed by atoms with E-state index < -0.39 is 0 Å². The molecular weight excluding hydrogens is 326 g/mol. The Morgan fingerprint density at radius 2 is 2.04 bits per heavy atom. The average Bonchev–Trinajstić information content (AvgIpc) is 3.20. The molecular formula is C18H20ClN3O2. The molecule has 1 N–H and O–H groups in total. The van der Waals surface area contributed by atoms with Crippen molar-refractivity contribution in [2.75, 3.05) is 7.05 Å². The zero-order chi connectivity index (χ0) is 16.7. The number of carbonyl (C=O) groups excluding carboxylic acids is 1. The van der Waals surface area contributed by atoms with Crippen LogP contribution in [-0.2, 0) is 0 Å². The SMILES string of the molecule is CN(C(=O)c1cc(-c2cccc(Cl)c2)on1)C1CC2CCC(C1)N2. The van der Waals surface area contributed by atoms with Crippen molar-refractivity contribution in [3.05, 3.63) is 41.0 Å². The van der Waals surface area contributed by atoms with Crippen molar-refractivity contribution in [2.24, 2.45) is 0 Å². The normalized spacial score (nSPS) is 25.7. The minimum atomic E-state index is -0.0849. The summed E-state index contributed by atoms with van der Waals surface area (Å²) in [5.74, 6) is 0.470. The Labute approximate surface area is 146 Å². The summed E-state index contributed by atoms with van der Waals surface area (Å²) in [5, 5.41) is 8.19. The fourth-order valence-electron chi connectivity index (χ4n) is 3.84. The summed E-state index contributed by atoms with van der Waals surface area (Å²) in [4.78, 5) is 14.6. The Bertz CT molecular complexity index is 748. The molecule has 0 radical (unpaired) electrons. The molecule has 2 atom stereocenters. The van der Waals surface area contributed by atoms with Gasteiger partial charge in [0.2, 0.25) is 0 Å². The second kappa shape index (κ2) is 6.22. The van der Waals surface area contributed by atoms with E-state index >= 15 is 0 Å². The molecule has 126 valence electrons. The first-order valence-corrected chi connectivity index (χ1v) is 8.74. The van der Waals surface area contributed by atoms with Crippen LogP contribution in [0.2, 0.25) is 5.02 Å². The number of fused-ring (bicyclic) bond motifs is 2. The second-order valence-electron chi connectivity index (χ2n) is 6.77. The van der Waals surface area contributed by atoms with E-state index in [0.29, 0.717) is 28.6 Å². The molecule has 2 aromatic rings. The highest BCUT2D eigenvalue weighted by atomic mass is 35.5. The monoisotopic (exact) mass is 345 g/mol. The second-order valence-corrected chi connectivity index (χ2v) is 7.20. The summed E-state index contributed by atoms with van der Waals surface area (Å²) in [6.07, 6.45) is 4.45. The highest BCUT2D eigenvalue weighted by molar-refractivity contribution is 6.30. The summed E-state index contributed by atoms with van der Waals surface area (Å²) < 4.78 is 5.35. The molecule has 2 aliphatic heterocycles. The first-order valence-electron chi connectivity index (χ1n) is 8.36. The third-order valence-corrected chi connectivity index (χ3v) is 5.39. The van der Waals surface area contributed by atoms with Crippen molar-refractivity contribution < 1.29 is 9.32 Å². The maximum Gasteiger partial charge on any atom is 0.276 e. The first kappa shape index (κ1) is 15.7. The van der Waals surface area contributed by atoms with Crippen LogP contribution >= 0.6 is 11.6 Å². The molecule has 2 fully saturated rings. The van der Waals surface area contributed by atoms with E-state index in [1.54, 1.807) is 18.2 Å². The lowest BCUT2D eigenvalue weighted by Crippen LogP contribution is -2.48. The van der Waals surface area contributed by atoms with Gasteiger partial charge in [0.15, 0.2) is 11.5 Å². The van der Waals surface area contributed by atoms with Crippen molar-refractivity contribution in [1.82, 2.24) is 15.4 Å².